The Balaban J connectivity index is 2.07. The van der Waals surface area contributed by atoms with E-state index in [1.54, 1.807) is 0 Å². The average Bonchev–Trinajstić information content (AvgIpc) is 2.61. The van der Waals surface area contributed by atoms with Gasteiger partial charge in [-0.25, -0.2) is 3.93 Å². The first-order valence-corrected chi connectivity index (χ1v) is 5.62. The maximum atomic E-state index is 3.75. The SMILES string of the molecule is C=CCN(Br)C1Cc2ccccc2C1. The van der Waals surface area contributed by atoms with Gasteiger partial charge >= 0.3 is 0 Å². The maximum Gasteiger partial charge on any atom is 0.0290 e. The van der Waals surface area contributed by atoms with Crippen LogP contribution in [-0.2, 0) is 12.8 Å². The average molecular weight is 252 g/mol. The molecule has 1 aliphatic rings. The summed E-state index contributed by atoms with van der Waals surface area (Å²) in [7, 11) is 0. The zero-order chi connectivity index (χ0) is 9.97. The van der Waals surface area contributed by atoms with Crippen molar-refractivity contribution >= 4 is 16.1 Å². The van der Waals surface area contributed by atoms with Crippen LogP contribution < -0.4 is 0 Å². The van der Waals surface area contributed by atoms with Crippen molar-refractivity contribution in [2.45, 2.75) is 18.9 Å². The Hall–Kier alpha value is -0.600. The van der Waals surface area contributed by atoms with Crippen LogP contribution in [0, 0.1) is 0 Å². The van der Waals surface area contributed by atoms with Gasteiger partial charge in [-0.2, -0.15) is 0 Å². The fourth-order valence-electron chi connectivity index (χ4n) is 2.01. The van der Waals surface area contributed by atoms with E-state index in [0.717, 1.165) is 19.4 Å². The molecule has 0 fully saturated rings. The number of nitrogens with zero attached hydrogens (tertiary/aromatic N) is 1. The smallest absolute Gasteiger partial charge is 0.0290 e. The van der Waals surface area contributed by atoms with Crippen LogP contribution in [0.3, 0.4) is 0 Å². The first kappa shape index (κ1) is 9.94. The van der Waals surface area contributed by atoms with Crippen molar-refractivity contribution in [2.24, 2.45) is 0 Å². The summed E-state index contributed by atoms with van der Waals surface area (Å²) in [6, 6.07) is 9.28. The van der Waals surface area contributed by atoms with Gasteiger partial charge in [0.1, 0.15) is 0 Å². The molecule has 1 aliphatic carbocycles. The molecule has 1 aromatic rings. The molecule has 0 N–H and O–H groups in total. The van der Waals surface area contributed by atoms with Gasteiger partial charge in [0.15, 0.2) is 0 Å². The molecule has 0 bridgehead atoms. The lowest BCUT2D eigenvalue weighted by Crippen LogP contribution is -2.27. The molecule has 2 heteroatoms. The van der Waals surface area contributed by atoms with E-state index in [0.29, 0.717) is 6.04 Å². The molecule has 0 spiro atoms. The van der Waals surface area contributed by atoms with E-state index in [2.05, 4.69) is 50.9 Å². The standard InChI is InChI=1S/C12H14BrN/c1-2-7-14(13)12-8-10-5-3-4-6-11(10)9-12/h2-6,12H,1,7-9H2. The van der Waals surface area contributed by atoms with Crippen molar-refractivity contribution in [2.75, 3.05) is 6.54 Å². The summed E-state index contributed by atoms with van der Waals surface area (Å²) < 4.78 is 2.19. The van der Waals surface area contributed by atoms with Crippen LogP contribution in [-0.4, -0.2) is 16.5 Å². The molecule has 0 radical (unpaired) electrons. The lowest BCUT2D eigenvalue weighted by atomic mass is 10.1. The predicted octanol–water partition coefficient (Wildman–Crippen LogP) is 2.95. The monoisotopic (exact) mass is 251 g/mol. The van der Waals surface area contributed by atoms with Crippen LogP contribution in [0.15, 0.2) is 36.9 Å². The minimum atomic E-state index is 0.588. The second kappa shape index (κ2) is 4.28. The number of fused-ring (bicyclic) bond motifs is 1. The molecule has 14 heavy (non-hydrogen) atoms. The topological polar surface area (TPSA) is 3.24 Å². The Morgan fingerprint density at radius 3 is 2.43 bits per heavy atom. The van der Waals surface area contributed by atoms with E-state index in [-0.39, 0.29) is 0 Å². The normalized spacial score (nSPS) is 15.9. The molecule has 0 unspecified atom stereocenters. The van der Waals surface area contributed by atoms with E-state index in [1.807, 2.05) is 6.08 Å². The molecule has 0 amide bonds. The number of hydrogen-bond acceptors (Lipinski definition) is 1. The van der Waals surface area contributed by atoms with E-state index in [1.165, 1.54) is 11.1 Å². The second-order valence-corrected chi connectivity index (χ2v) is 4.61. The zero-order valence-corrected chi connectivity index (χ0v) is 9.70. The van der Waals surface area contributed by atoms with Crippen molar-refractivity contribution in [3.05, 3.63) is 48.0 Å². The van der Waals surface area contributed by atoms with Gasteiger partial charge in [-0.15, -0.1) is 6.58 Å². The van der Waals surface area contributed by atoms with E-state index < -0.39 is 0 Å². The van der Waals surface area contributed by atoms with Crippen LogP contribution in [0.4, 0.5) is 0 Å². The highest BCUT2D eigenvalue weighted by molar-refractivity contribution is 9.07. The Kier molecular flexibility index (Phi) is 3.04. The second-order valence-electron chi connectivity index (χ2n) is 3.70. The van der Waals surface area contributed by atoms with Crippen LogP contribution >= 0.6 is 16.1 Å². The van der Waals surface area contributed by atoms with Gasteiger partial charge in [-0.3, -0.25) is 0 Å². The van der Waals surface area contributed by atoms with E-state index in [4.69, 9.17) is 0 Å². The summed E-state index contributed by atoms with van der Waals surface area (Å²) >= 11 is 3.59. The molecule has 0 aromatic heterocycles. The minimum absolute atomic E-state index is 0.588. The Morgan fingerprint density at radius 1 is 1.36 bits per heavy atom. The van der Waals surface area contributed by atoms with Crippen molar-refractivity contribution in [1.29, 1.82) is 0 Å². The third kappa shape index (κ3) is 1.91. The molecule has 1 aromatic carbocycles. The van der Waals surface area contributed by atoms with Crippen LogP contribution in [0.5, 0.6) is 0 Å². The van der Waals surface area contributed by atoms with E-state index >= 15 is 0 Å². The van der Waals surface area contributed by atoms with Gasteiger partial charge in [0.2, 0.25) is 0 Å². The van der Waals surface area contributed by atoms with Crippen LogP contribution in [0.1, 0.15) is 11.1 Å². The molecular formula is C12H14BrN. The van der Waals surface area contributed by atoms with Gasteiger partial charge in [-0.1, -0.05) is 30.3 Å². The zero-order valence-electron chi connectivity index (χ0n) is 8.12. The summed E-state index contributed by atoms with van der Waals surface area (Å²) in [5.41, 5.74) is 2.98. The molecule has 2 rings (SSSR count). The Labute approximate surface area is 93.8 Å². The molecule has 74 valence electrons. The lowest BCUT2D eigenvalue weighted by molar-refractivity contribution is 0.406. The number of hydrogen-bond donors (Lipinski definition) is 0. The maximum absolute atomic E-state index is 3.75. The predicted molar refractivity (Wildman–Crippen MR) is 63.5 cm³/mol. The van der Waals surface area contributed by atoms with Crippen LogP contribution in [0.25, 0.3) is 0 Å². The van der Waals surface area contributed by atoms with Crippen molar-refractivity contribution in [1.82, 2.24) is 3.93 Å². The van der Waals surface area contributed by atoms with Crippen molar-refractivity contribution in [3.8, 4) is 0 Å². The number of rotatable bonds is 3. The van der Waals surface area contributed by atoms with Gasteiger partial charge < -0.3 is 0 Å². The summed E-state index contributed by atoms with van der Waals surface area (Å²) in [4.78, 5) is 0. The summed E-state index contributed by atoms with van der Waals surface area (Å²) in [5, 5.41) is 0. The summed E-state index contributed by atoms with van der Waals surface area (Å²) in [5.74, 6) is 0. The molecule has 0 atom stereocenters. The molecule has 0 aliphatic heterocycles. The third-order valence-electron chi connectivity index (χ3n) is 2.73. The van der Waals surface area contributed by atoms with Crippen molar-refractivity contribution < 1.29 is 0 Å². The van der Waals surface area contributed by atoms with Crippen LogP contribution in [0.2, 0.25) is 0 Å². The lowest BCUT2D eigenvalue weighted by Gasteiger charge is -2.19. The van der Waals surface area contributed by atoms with Gasteiger partial charge in [0.25, 0.3) is 0 Å². The molecule has 0 saturated heterocycles. The Morgan fingerprint density at radius 2 is 1.93 bits per heavy atom. The van der Waals surface area contributed by atoms with Gasteiger partial charge in [0, 0.05) is 28.7 Å². The highest BCUT2D eigenvalue weighted by atomic mass is 79.9. The number of benzene rings is 1. The summed E-state index contributed by atoms with van der Waals surface area (Å²) in [6.45, 7) is 4.65. The third-order valence-corrected chi connectivity index (χ3v) is 3.60. The minimum Gasteiger partial charge on any atom is -0.235 e. The Bertz CT molecular complexity index is 310. The molecule has 1 nitrogen and oxygen atoms in total. The fraction of sp³-hybridized carbons (Fsp3) is 0.333. The van der Waals surface area contributed by atoms with E-state index in [9.17, 15) is 0 Å². The molecular weight excluding hydrogens is 238 g/mol. The number of halogens is 1. The molecule has 0 saturated carbocycles. The van der Waals surface area contributed by atoms with Gasteiger partial charge in [0.05, 0.1) is 0 Å². The quantitative estimate of drug-likeness (QED) is 0.590. The largest absolute Gasteiger partial charge is 0.235 e. The fourth-order valence-corrected chi connectivity index (χ4v) is 2.50. The summed E-state index contributed by atoms with van der Waals surface area (Å²) in [6.07, 6.45) is 4.22. The van der Waals surface area contributed by atoms with Crippen molar-refractivity contribution in [3.63, 3.8) is 0 Å². The first-order valence-electron chi connectivity index (χ1n) is 4.91. The molecule has 0 heterocycles. The first-order chi connectivity index (χ1) is 6.81. The highest BCUT2D eigenvalue weighted by Crippen LogP contribution is 2.26. The van der Waals surface area contributed by atoms with Gasteiger partial charge in [-0.05, 0) is 24.0 Å². The highest BCUT2D eigenvalue weighted by Gasteiger charge is 2.24.